The van der Waals surface area contributed by atoms with Gasteiger partial charge in [0.25, 0.3) is 0 Å². The molecule has 4 heteroatoms. The van der Waals surface area contributed by atoms with Crippen LogP contribution in [-0.2, 0) is 9.59 Å². The van der Waals surface area contributed by atoms with Crippen molar-refractivity contribution in [3.8, 4) is 0 Å². The van der Waals surface area contributed by atoms with Crippen LogP contribution < -0.4 is 0 Å². The van der Waals surface area contributed by atoms with Crippen molar-refractivity contribution in [2.24, 2.45) is 57.2 Å². The van der Waals surface area contributed by atoms with Crippen molar-refractivity contribution in [1.29, 1.82) is 0 Å². The number of carbonyl (C=O) groups is 2. The molecule has 8 aliphatic carbocycles. The molecule has 6 atom stereocenters. The van der Waals surface area contributed by atoms with E-state index >= 15 is 0 Å². The second-order valence-corrected chi connectivity index (χ2v) is 13.3. The van der Waals surface area contributed by atoms with Crippen LogP contribution in [0.5, 0.6) is 0 Å². The number of rotatable bonds is 5. The van der Waals surface area contributed by atoms with Crippen LogP contribution in [0.3, 0.4) is 0 Å². The first kappa shape index (κ1) is 19.6. The summed E-state index contributed by atoms with van der Waals surface area (Å²) in [6, 6.07) is 0. The van der Waals surface area contributed by atoms with Gasteiger partial charge in [0, 0.05) is 0 Å². The van der Waals surface area contributed by atoms with Gasteiger partial charge in [-0.1, -0.05) is 13.8 Å². The highest BCUT2D eigenvalue weighted by molar-refractivity contribution is 5.71. The average molecular weight is 415 g/mol. The minimum atomic E-state index is -0.603. The Hall–Kier alpha value is -1.06. The maximum absolute atomic E-state index is 12.1. The summed E-state index contributed by atoms with van der Waals surface area (Å²) in [6.07, 6.45) is 14.5. The van der Waals surface area contributed by atoms with Crippen LogP contribution >= 0.6 is 0 Å². The minimum Gasteiger partial charge on any atom is -0.481 e. The van der Waals surface area contributed by atoms with Crippen molar-refractivity contribution < 1.29 is 19.8 Å². The molecule has 166 valence electrons. The van der Waals surface area contributed by atoms with E-state index in [2.05, 4.69) is 0 Å². The monoisotopic (exact) mass is 414 g/mol. The summed E-state index contributed by atoms with van der Waals surface area (Å²) in [6.45, 7) is 3.97. The van der Waals surface area contributed by atoms with Gasteiger partial charge >= 0.3 is 11.9 Å². The molecule has 8 rings (SSSR count). The lowest BCUT2D eigenvalue weighted by atomic mass is 9.30. The second kappa shape index (κ2) is 5.84. The Morgan fingerprint density at radius 3 is 1.20 bits per heavy atom. The Morgan fingerprint density at radius 1 is 0.633 bits per heavy atom. The van der Waals surface area contributed by atoms with Gasteiger partial charge in [0.2, 0.25) is 0 Å². The summed E-state index contributed by atoms with van der Waals surface area (Å²) in [4.78, 5) is 24.2. The van der Waals surface area contributed by atoms with Crippen molar-refractivity contribution in [2.45, 2.75) is 90.9 Å². The van der Waals surface area contributed by atoms with E-state index in [-0.39, 0.29) is 33.5 Å². The average Bonchev–Trinajstić information content (AvgIpc) is 2.64. The molecule has 2 N–H and O–H groups in total. The molecule has 8 saturated carbocycles. The topological polar surface area (TPSA) is 74.6 Å². The van der Waals surface area contributed by atoms with Crippen LogP contribution in [0.15, 0.2) is 0 Å². The van der Waals surface area contributed by atoms with E-state index in [1.807, 2.05) is 13.8 Å². The third-order valence-electron chi connectivity index (χ3n) is 11.9. The van der Waals surface area contributed by atoms with E-state index in [4.69, 9.17) is 0 Å². The van der Waals surface area contributed by atoms with Crippen molar-refractivity contribution in [3.63, 3.8) is 0 Å². The third-order valence-corrected chi connectivity index (χ3v) is 11.9. The number of hydrogen-bond acceptors (Lipinski definition) is 2. The fourth-order valence-electron chi connectivity index (χ4n) is 11.4. The zero-order chi connectivity index (χ0) is 21.1. The van der Waals surface area contributed by atoms with E-state index in [1.165, 1.54) is 38.5 Å². The molecule has 0 spiro atoms. The lowest BCUT2D eigenvalue weighted by molar-refractivity contribution is -0.252. The lowest BCUT2D eigenvalue weighted by Crippen LogP contribution is -2.66. The third kappa shape index (κ3) is 2.34. The molecule has 0 aromatic heterocycles. The molecule has 8 aliphatic rings. The Morgan fingerprint density at radius 2 is 0.933 bits per heavy atom. The second-order valence-electron chi connectivity index (χ2n) is 13.3. The van der Waals surface area contributed by atoms with Gasteiger partial charge in [-0.05, 0) is 122 Å². The van der Waals surface area contributed by atoms with Crippen LogP contribution in [0.4, 0.5) is 0 Å². The molecule has 4 nitrogen and oxygen atoms in total. The molecule has 8 bridgehead atoms. The minimum absolute atomic E-state index is 0.00910. The molecule has 0 radical (unpaired) electrons. The highest BCUT2D eigenvalue weighted by Crippen LogP contribution is 2.80. The van der Waals surface area contributed by atoms with Crippen molar-refractivity contribution in [1.82, 2.24) is 0 Å². The van der Waals surface area contributed by atoms with Gasteiger partial charge in [-0.15, -0.1) is 0 Å². The largest absolute Gasteiger partial charge is 0.481 e. The zero-order valence-electron chi connectivity index (χ0n) is 18.7. The van der Waals surface area contributed by atoms with Crippen LogP contribution in [0.2, 0.25) is 0 Å². The predicted octanol–water partition coefficient (Wildman–Crippen LogP) is 5.60. The maximum atomic E-state index is 12.1. The van der Waals surface area contributed by atoms with Crippen LogP contribution in [0.25, 0.3) is 0 Å². The zero-order valence-corrected chi connectivity index (χ0v) is 18.7. The molecule has 8 fully saturated rings. The Labute approximate surface area is 180 Å². The van der Waals surface area contributed by atoms with Crippen molar-refractivity contribution in [2.75, 3.05) is 0 Å². The molecule has 0 amide bonds. The first-order valence-electron chi connectivity index (χ1n) is 12.6. The molecular formula is C26H38O4. The summed E-state index contributed by atoms with van der Waals surface area (Å²) in [5.74, 6) is 1.11. The molecule has 0 saturated heterocycles. The Kier molecular flexibility index (Phi) is 3.82. The number of carboxylic acids is 2. The number of carboxylic acid groups (broad SMARTS) is 2. The van der Waals surface area contributed by atoms with Gasteiger partial charge in [-0.2, -0.15) is 0 Å². The quantitative estimate of drug-likeness (QED) is 0.614. The Balaban J connectivity index is 1.43. The molecule has 0 aromatic rings. The summed E-state index contributed by atoms with van der Waals surface area (Å²) < 4.78 is 0. The van der Waals surface area contributed by atoms with Gasteiger partial charge in [-0.25, -0.2) is 0 Å². The van der Waals surface area contributed by atoms with Crippen LogP contribution in [-0.4, -0.2) is 22.2 Å². The smallest absolute Gasteiger partial charge is 0.306 e. The van der Waals surface area contributed by atoms with E-state index in [0.717, 1.165) is 38.5 Å². The molecule has 0 aromatic carbocycles. The van der Waals surface area contributed by atoms with E-state index in [9.17, 15) is 19.8 Å². The predicted molar refractivity (Wildman–Crippen MR) is 113 cm³/mol. The molecular weight excluding hydrogens is 376 g/mol. The SMILES string of the molecule is CC(C(=O)O)C12CC3CC(C1)CC(C14CC5CC(CC(C(C)C(=O)O)(C5)C1)C4)(C3)C2. The molecule has 0 heterocycles. The van der Waals surface area contributed by atoms with Crippen molar-refractivity contribution in [3.05, 3.63) is 0 Å². The first-order valence-corrected chi connectivity index (χ1v) is 12.6. The molecule has 30 heavy (non-hydrogen) atoms. The van der Waals surface area contributed by atoms with Gasteiger partial charge in [0.05, 0.1) is 11.8 Å². The fourth-order valence-corrected chi connectivity index (χ4v) is 11.4. The summed E-state index contributed by atoms with van der Waals surface area (Å²) in [5, 5.41) is 19.9. The molecule has 6 unspecified atom stereocenters. The highest BCUT2D eigenvalue weighted by atomic mass is 16.4. The van der Waals surface area contributed by atoms with E-state index in [1.54, 1.807) is 0 Å². The highest BCUT2D eigenvalue weighted by Gasteiger charge is 2.71. The summed E-state index contributed by atoms with van der Waals surface area (Å²) in [5.41, 5.74) is 0.541. The van der Waals surface area contributed by atoms with Gasteiger partial charge in [0.1, 0.15) is 0 Å². The fraction of sp³-hybridized carbons (Fsp3) is 0.923. The maximum Gasteiger partial charge on any atom is 0.306 e. The van der Waals surface area contributed by atoms with Gasteiger partial charge < -0.3 is 10.2 Å². The van der Waals surface area contributed by atoms with E-state index in [0.29, 0.717) is 23.7 Å². The number of hydrogen-bond donors (Lipinski definition) is 2. The lowest BCUT2D eigenvalue weighted by Gasteiger charge is -2.74. The van der Waals surface area contributed by atoms with Crippen molar-refractivity contribution >= 4 is 11.9 Å². The number of aliphatic carboxylic acids is 2. The Bertz CT molecular complexity index is 705. The van der Waals surface area contributed by atoms with Gasteiger partial charge in [0.15, 0.2) is 0 Å². The normalized spacial score (nSPS) is 54.9. The van der Waals surface area contributed by atoms with E-state index < -0.39 is 11.9 Å². The standard InChI is InChI=1S/C26H38O4/c1-15(21(27)28)23-5-17-3-18(6-23)10-25(9-17,13-23)26-11-19-4-20(12-26)8-24(7-19,14-26)16(2)22(29)30/h15-20H,3-14H2,1-2H3,(H,27,28)(H,29,30). The molecule has 0 aliphatic heterocycles. The van der Waals surface area contributed by atoms with Crippen LogP contribution in [0.1, 0.15) is 90.9 Å². The summed E-state index contributed by atoms with van der Waals surface area (Å²) >= 11 is 0. The van der Waals surface area contributed by atoms with Gasteiger partial charge in [-0.3, -0.25) is 9.59 Å². The van der Waals surface area contributed by atoms with Crippen LogP contribution in [0, 0.1) is 57.2 Å². The summed E-state index contributed by atoms with van der Waals surface area (Å²) in [7, 11) is 0. The first-order chi connectivity index (χ1) is 14.1.